The van der Waals surface area contributed by atoms with Crippen molar-refractivity contribution >= 4 is 11.8 Å². The van der Waals surface area contributed by atoms with Crippen molar-refractivity contribution in [2.75, 3.05) is 26.0 Å². The van der Waals surface area contributed by atoms with E-state index < -0.39 is 0 Å². The maximum Gasteiger partial charge on any atom is 0.132 e. The van der Waals surface area contributed by atoms with Crippen LogP contribution >= 0.6 is 11.8 Å². The van der Waals surface area contributed by atoms with Crippen molar-refractivity contribution in [2.24, 2.45) is 5.92 Å². The number of ether oxygens (including phenoxy) is 1. The molecule has 0 aromatic heterocycles. The molecular weight excluding hydrogens is 230 g/mol. The Morgan fingerprint density at radius 2 is 2.12 bits per heavy atom. The number of hydrogen-bond donors (Lipinski definition) is 1. The van der Waals surface area contributed by atoms with Crippen LogP contribution < -0.4 is 10.1 Å². The van der Waals surface area contributed by atoms with E-state index in [0.717, 1.165) is 25.4 Å². The van der Waals surface area contributed by atoms with Gasteiger partial charge in [-0.1, -0.05) is 26.0 Å². The molecule has 17 heavy (non-hydrogen) atoms. The highest BCUT2D eigenvalue weighted by molar-refractivity contribution is 7.98. The number of nitrogens with one attached hydrogen (secondary N) is 1. The molecule has 0 amide bonds. The Bertz CT molecular complexity index is 317. The second-order valence-electron chi connectivity index (χ2n) is 4.27. The van der Waals surface area contributed by atoms with Crippen molar-refractivity contribution in [3.05, 3.63) is 24.3 Å². The van der Waals surface area contributed by atoms with Gasteiger partial charge < -0.3 is 10.1 Å². The Kier molecular flexibility index (Phi) is 7.13. The molecule has 0 saturated heterocycles. The van der Waals surface area contributed by atoms with Crippen LogP contribution in [-0.4, -0.2) is 26.0 Å². The molecule has 0 aliphatic heterocycles. The zero-order chi connectivity index (χ0) is 12.5. The third-order valence-corrected chi connectivity index (χ3v) is 3.29. The fourth-order valence-electron chi connectivity index (χ4n) is 1.55. The van der Waals surface area contributed by atoms with Gasteiger partial charge in [0.05, 0.1) is 6.61 Å². The summed E-state index contributed by atoms with van der Waals surface area (Å²) in [6.45, 7) is 7.28. The van der Waals surface area contributed by atoms with Crippen molar-refractivity contribution < 1.29 is 4.74 Å². The van der Waals surface area contributed by atoms with E-state index in [1.54, 1.807) is 11.8 Å². The average Bonchev–Trinajstić information content (AvgIpc) is 2.37. The van der Waals surface area contributed by atoms with Gasteiger partial charge in [0.25, 0.3) is 0 Å². The summed E-state index contributed by atoms with van der Waals surface area (Å²) in [6.07, 6.45) is 3.26. The van der Waals surface area contributed by atoms with Crippen LogP contribution in [0.25, 0.3) is 0 Å². The lowest BCUT2D eigenvalue weighted by Crippen LogP contribution is -2.25. The van der Waals surface area contributed by atoms with Gasteiger partial charge >= 0.3 is 0 Å². The molecule has 0 aliphatic rings. The second-order valence-corrected chi connectivity index (χ2v) is 5.12. The van der Waals surface area contributed by atoms with E-state index in [9.17, 15) is 0 Å². The van der Waals surface area contributed by atoms with Crippen molar-refractivity contribution in [2.45, 2.75) is 25.2 Å². The zero-order valence-corrected chi connectivity index (χ0v) is 11.8. The molecule has 3 heteroatoms. The fourth-order valence-corrected chi connectivity index (χ4v) is 2.10. The predicted octanol–water partition coefficient (Wildman–Crippen LogP) is 3.42. The van der Waals surface area contributed by atoms with Gasteiger partial charge in [0.2, 0.25) is 0 Å². The Morgan fingerprint density at radius 1 is 1.35 bits per heavy atom. The molecular formula is C14H23NOS. The van der Waals surface area contributed by atoms with Gasteiger partial charge in [0.1, 0.15) is 5.75 Å². The van der Waals surface area contributed by atoms with Crippen LogP contribution in [0.1, 0.15) is 20.3 Å². The lowest BCUT2D eigenvalue weighted by molar-refractivity contribution is 0.251. The summed E-state index contributed by atoms with van der Waals surface area (Å²) < 4.78 is 5.86. The molecule has 0 radical (unpaired) electrons. The van der Waals surface area contributed by atoms with Crippen LogP contribution in [0, 0.1) is 5.92 Å². The molecule has 1 N–H and O–H groups in total. The predicted molar refractivity (Wildman–Crippen MR) is 76.0 cm³/mol. The van der Waals surface area contributed by atoms with Gasteiger partial charge in [-0.3, -0.25) is 0 Å². The average molecular weight is 253 g/mol. The number of benzene rings is 1. The molecule has 96 valence electrons. The third kappa shape index (κ3) is 5.46. The highest BCUT2D eigenvalue weighted by Crippen LogP contribution is 2.27. The second kappa shape index (κ2) is 8.43. The van der Waals surface area contributed by atoms with Gasteiger partial charge in [-0.05, 0) is 31.4 Å². The highest BCUT2D eigenvalue weighted by atomic mass is 32.2. The Morgan fingerprint density at radius 3 is 2.82 bits per heavy atom. The SMILES string of the molecule is CCCNCC(C)COc1ccccc1SC. The Balaban J connectivity index is 2.33. The Labute approximate surface area is 109 Å². The summed E-state index contributed by atoms with van der Waals surface area (Å²) in [5.74, 6) is 1.54. The van der Waals surface area contributed by atoms with E-state index in [1.807, 2.05) is 18.2 Å². The quantitative estimate of drug-likeness (QED) is 0.566. The minimum atomic E-state index is 0.538. The molecule has 1 atom stereocenters. The summed E-state index contributed by atoms with van der Waals surface area (Å²) in [5.41, 5.74) is 0. The van der Waals surface area contributed by atoms with Crippen LogP contribution in [0.2, 0.25) is 0 Å². The minimum absolute atomic E-state index is 0.538. The number of thioether (sulfide) groups is 1. The summed E-state index contributed by atoms with van der Waals surface area (Å²) >= 11 is 1.73. The Hall–Kier alpha value is -0.670. The van der Waals surface area contributed by atoms with E-state index in [0.29, 0.717) is 5.92 Å². The molecule has 0 aliphatic carbocycles. The van der Waals surface area contributed by atoms with Gasteiger partial charge in [0, 0.05) is 17.4 Å². The fraction of sp³-hybridized carbons (Fsp3) is 0.571. The molecule has 1 rings (SSSR count). The topological polar surface area (TPSA) is 21.3 Å². The first-order valence-corrected chi connectivity index (χ1v) is 7.47. The van der Waals surface area contributed by atoms with Crippen LogP contribution in [0.3, 0.4) is 0 Å². The maximum atomic E-state index is 5.86. The van der Waals surface area contributed by atoms with Gasteiger partial charge in [-0.15, -0.1) is 11.8 Å². The molecule has 1 aromatic carbocycles. The third-order valence-electron chi connectivity index (χ3n) is 2.51. The molecule has 0 saturated carbocycles. The lowest BCUT2D eigenvalue weighted by Gasteiger charge is -2.15. The van der Waals surface area contributed by atoms with E-state index >= 15 is 0 Å². The summed E-state index contributed by atoms with van der Waals surface area (Å²) in [5, 5.41) is 3.41. The van der Waals surface area contributed by atoms with E-state index in [2.05, 4.69) is 31.5 Å². The maximum absolute atomic E-state index is 5.86. The standard InChI is InChI=1S/C14H23NOS/c1-4-9-15-10-12(2)11-16-13-7-5-6-8-14(13)17-3/h5-8,12,15H,4,9-11H2,1-3H3. The van der Waals surface area contributed by atoms with Crippen molar-refractivity contribution in [3.63, 3.8) is 0 Å². The van der Waals surface area contributed by atoms with Crippen LogP contribution in [0.4, 0.5) is 0 Å². The van der Waals surface area contributed by atoms with Gasteiger partial charge in [0.15, 0.2) is 0 Å². The molecule has 0 fully saturated rings. The van der Waals surface area contributed by atoms with Gasteiger partial charge in [-0.2, -0.15) is 0 Å². The van der Waals surface area contributed by atoms with Crippen LogP contribution in [-0.2, 0) is 0 Å². The van der Waals surface area contributed by atoms with Crippen molar-refractivity contribution in [1.82, 2.24) is 5.32 Å². The first-order valence-electron chi connectivity index (χ1n) is 6.24. The summed E-state index contributed by atoms with van der Waals surface area (Å²) in [6, 6.07) is 8.21. The van der Waals surface area contributed by atoms with Crippen molar-refractivity contribution in [3.8, 4) is 5.75 Å². The van der Waals surface area contributed by atoms with E-state index in [4.69, 9.17) is 4.74 Å². The smallest absolute Gasteiger partial charge is 0.132 e. The van der Waals surface area contributed by atoms with Crippen LogP contribution in [0.5, 0.6) is 5.75 Å². The summed E-state index contributed by atoms with van der Waals surface area (Å²) in [7, 11) is 0. The minimum Gasteiger partial charge on any atom is -0.492 e. The molecule has 1 unspecified atom stereocenters. The van der Waals surface area contributed by atoms with Crippen LogP contribution in [0.15, 0.2) is 29.2 Å². The van der Waals surface area contributed by atoms with Crippen molar-refractivity contribution in [1.29, 1.82) is 0 Å². The monoisotopic (exact) mass is 253 g/mol. The largest absolute Gasteiger partial charge is 0.492 e. The van der Waals surface area contributed by atoms with E-state index in [1.165, 1.54) is 11.3 Å². The van der Waals surface area contributed by atoms with E-state index in [-0.39, 0.29) is 0 Å². The molecule has 2 nitrogen and oxygen atoms in total. The van der Waals surface area contributed by atoms with Gasteiger partial charge in [-0.25, -0.2) is 0 Å². The highest BCUT2D eigenvalue weighted by Gasteiger charge is 2.05. The zero-order valence-electron chi connectivity index (χ0n) is 11.0. The molecule has 0 spiro atoms. The first kappa shape index (κ1) is 14.4. The number of rotatable bonds is 8. The number of hydrogen-bond acceptors (Lipinski definition) is 3. The molecule has 0 bridgehead atoms. The molecule has 1 aromatic rings. The molecule has 0 heterocycles. The summed E-state index contributed by atoms with van der Waals surface area (Å²) in [4.78, 5) is 1.21. The first-order chi connectivity index (χ1) is 8.27. The normalized spacial score (nSPS) is 12.4. The lowest BCUT2D eigenvalue weighted by atomic mass is 10.2. The number of para-hydroxylation sites is 1.